The van der Waals surface area contributed by atoms with E-state index in [1.165, 1.54) is 5.01 Å². The predicted octanol–water partition coefficient (Wildman–Crippen LogP) is 0.453. The number of hydrazine groups is 1. The van der Waals surface area contributed by atoms with E-state index in [-0.39, 0.29) is 6.61 Å². The van der Waals surface area contributed by atoms with Crippen molar-refractivity contribution < 1.29 is 5.11 Å². The SMILES string of the molecule is C=C/C=C(\C=C)CN(N)CCO. The minimum absolute atomic E-state index is 0.0645. The Hall–Kier alpha value is -0.900. The monoisotopic (exact) mass is 168 g/mol. The maximum absolute atomic E-state index is 8.57. The summed E-state index contributed by atoms with van der Waals surface area (Å²) >= 11 is 0. The molecule has 0 spiro atoms. The molecule has 0 atom stereocenters. The normalized spacial score (nSPS) is 11.8. The lowest BCUT2D eigenvalue weighted by Crippen LogP contribution is -2.35. The molecule has 0 aromatic heterocycles. The van der Waals surface area contributed by atoms with Crippen LogP contribution in [0.25, 0.3) is 0 Å². The number of aliphatic hydroxyl groups excluding tert-OH is 1. The van der Waals surface area contributed by atoms with Crippen LogP contribution < -0.4 is 5.84 Å². The van der Waals surface area contributed by atoms with E-state index >= 15 is 0 Å². The van der Waals surface area contributed by atoms with Crippen molar-refractivity contribution in [2.24, 2.45) is 5.84 Å². The molecular weight excluding hydrogens is 152 g/mol. The van der Waals surface area contributed by atoms with Crippen LogP contribution in [0.4, 0.5) is 0 Å². The summed E-state index contributed by atoms with van der Waals surface area (Å²) in [4.78, 5) is 0. The molecule has 0 fully saturated rings. The van der Waals surface area contributed by atoms with Gasteiger partial charge in [0.05, 0.1) is 6.61 Å². The van der Waals surface area contributed by atoms with E-state index in [1.54, 1.807) is 12.2 Å². The fraction of sp³-hybridized carbons (Fsp3) is 0.333. The van der Waals surface area contributed by atoms with Crippen molar-refractivity contribution in [2.45, 2.75) is 0 Å². The lowest BCUT2D eigenvalue weighted by Gasteiger charge is -2.14. The van der Waals surface area contributed by atoms with E-state index in [0.717, 1.165) is 5.57 Å². The van der Waals surface area contributed by atoms with Crippen LogP contribution in [-0.2, 0) is 0 Å². The average molecular weight is 168 g/mol. The number of hydrogen-bond acceptors (Lipinski definition) is 3. The first-order valence-corrected chi connectivity index (χ1v) is 3.79. The van der Waals surface area contributed by atoms with Crippen molar-refractivity contribution in [3.8, 4) is 0 Å². The van der Waals surface area contributed by atoms with E-state index in [4.69, 9.17) is 10.9 Å². The Morgan fingerprint density at radius 1 is 1.50 bits per heavy atom. The Morgan fingerprint density at radius 3 is 2.58 bits per heavy atom. The molecule has 0 aliphatic rings. The van der Waals surface area contributed by atoms with Gasteiger partial charge in [-0.05, 0) is 5.57 Å². The lowest BCUT2D eigenvalue weighted by atomic mass is 10.2. The van der Waals surface area contributed by atoms with E-state index in [0.29, 0.717) is 13.1 Å². The smallest absolute Gasteiger partial charge is 0.0572 e. The van der Waals surface area contributed by atoms with Crippen molar-refractivity contribution >= 4 is 0 Å². The van der Waals surface area contributed by atoms with E-state index in [9.17, 15) is 0 Å². The molecule has 0 rings (SSSR count). The number of allylic oxidation sites excluding steroid dienone is 2. The average Bonchev–Trinajstić information content (AvgIpc) is 2.04. The molecule has 0 heterocycles. The number of rotatable bonds is 6. The van der Waals surface area contributed by atoms with Crippen molar-refractivity contribution in [2.75, 3.05) is 19.7 Å². The Labute approximate surface area is 73.5 Å². The zero-order chi connectivity index (χ0) is 9.40. The summed E-state index contributed by atoms with van der Waals surface area (Å²) in [7, 11) is 0. The summed E-state index contributed by atoms with van der Waals surface area (Å²) in [5, 5.41) is 10.1. The maximum Gasteiger partial charge on any atom is 0.0572 e. The first-order valence-electron chi connectivity index (χ1n) is 3.79. The minimum Gasteiger partial charge on any atom is -0.395 e. The van der Waals surface area contributed by atoms with Gasteiger partial charge in [-0.3, -0.25) is 5.84 Å². The van der Waals surface area contributed by atoms with Crippen LogP contribution in [0.1, 0.15) is 0 Å². The third-order valence-electron chi connectivity index (χ3n) is 1.37. The molecular formula is C9H16N2O. The summed E-state index contributed by atoms with van der Waals surface area (Å²) in [5.74, 6) is 5.54. The lowest BCUT2D eigenvalue weighted by molar-refractivity contribution is 0.209. The highest BCUT2D eigenvalue weighted by molar-refractivity contribution is 5.22. The molecule has 0 aromatic carbocycles. The molecule has 68 valence electrons. The standard InChI is InChI=1S/C9H16N2O/c1-3-5-9(4-2)8-11(10)6-7-12/h3-5,12H,1-2,6-8,10H2/b9-5+. The molecule has 12 heavy (non-hydrogen) atoms. The van der Waals surface area contributed by atoms with Gasteiger partial charge in [-0.25, -0.2) is 5.01 Å². The van der Waals surface area contributed by atoms with Gasteiger partial charge in [0, 0.05) is 13.1 Å². The van der Waals surface area contributed by atoms with Crippen LogP contribution in [0.5, 0.6) is 0 Å². The largest absolute Gasteiger partial charge is 0.395 e. The van der Waals surface area contributed by atoms with Gasteiger partial charge in [-0.2, -0.15) is 0 Å². The van der Waals surface area contributed by atoms with Crippen LogP contribution in [0.3, 0.4) is 0 Å². The van der Waals surface area contributed by atoms with Crippen molar-refractivity contribution in [1.82, 2.24) is 5.01 Å². The van der Waals surface area contributed by atoms with Gasteiger partial charge in [0.15, 0.2) is 0 Å². The zero-order valence-corrected chi connectivity index (χ0v) is 7.24. The van der Waals surface area contributed by atoms with Gasteiger partial charge >= 0.3 is 0 Å². The van der Waals surface area contributed by atoms with Crippen molar-refractivity contribution in [3.05, 3.63) is 37.0 Å². The number of aliphatic hydroxyl groups is 1. The zero-order valence-electron chi connectivity index (χ0n) is 7.24. The van der Waals surface area contributed by atoms with Crippen molar-refractivity contribution in [1.29, 1.82) is 0 Å². The third kappa shape index (κ3) is 4.85. The van der Waals surface area contributed by atoms with E-state index in [1.807, 2.05) is 6.08 Å². The highest BCUT2D eigenvalue weighted by Gasteiger charge is 1.98. The Balaban J connectivity index is 3.93. The summed E-state index contributed by atoms with van der Waals surface area (Å²) in [6.07, 6.45) is 5.24. The molecule has 0 aliphatic heterocycles. The number of nitrogens with two attached hydrogens (primary N) is 1. The first-order chi connectivity index (χ1) is 5.74. The third-order valence-corrected chi connectivity index (χ3v) is 1.37. The van der Waals surface area contributed by atoms with E-state index in [2.05, 4.69) is 13.2 Å². The highest BCUT2D eigenvalue weighted by Crippen LogP contribution is 1.97. The summed E-state index contributed by atoms with van der Waals surface area (Å²) in [6.45, 7) is 8.31. The second-order valence-corrected chi connectivity index (χ2v) is 2.38. The van der Waals surface area contributed by atoms with Crippen LogP contribution in [0, 0.1) is 0 Å². The topological polar surface area (TPSA) is 49.5 Å². The molecule has 3 N–H and O–H groups in total. The highest BCUT2D eigenvalue weighted by atomic mass is 16.3. The Kier molecular flexibility index (Phi) is 6.28. The molecule has 0 aliphatic carbocycles. The molecule has 3 heteroatoms. The summed E-state index contributed by atoms with van der Waals surface area (Å²) in [6, 6.07) is 0. The minimum atomic E-state index is 0.0645. The van der Waals surface area contributed by atoms with Crippen LogP contribution >= 0.6 is 0 Å². The van der Waals surface area contributed by atoms with Crippen LogP contribution in [-0.4, -0.2) is 29.8 Å². The molecule has 3 nitrogen and oxygen atoms in total. The quantitative estimate of drug-likeness (QED) is 0.344. The maximum atomic E-state index is 8.57. The molecule has 0 saturated carbocycles. The van der Waals surface area contributed by atoms with Gasteiger partial charge < -0.3 is 5.11 Å². The van der Waals surface area contributed by atoms with Gasteiger partial charge in [0.1, 0.15) is 0 Å². The number of hydrogen-bond donors (Lipinski definition) is 2. The fourth-order valence-electron chi connectivity index (χ4n) is 0.779. The molecule has 0 amide bonds. The van der Waals surface area contributed by atoms with Gasteiger partial charge in [-0.1, -0.05) is 31.4 Å². The summed E-state index contributed by atoms with van der Waals surface area (Å²) in [5.41, 5.74) is 0.987. The van der Waals surface area contributed by atoms with Crippen LogP contribution in [0.2, 0.25) is 0 Å². The molecule has 0 aromatic rings. The van der Waals surface area contributed by atoms with Gasteiger partial charge in [0.2, 0.25) is 0 Å². The molecule has 0 unspecified atom stereocenters. The van der Waals surface area contributed by atoms with E-state index < -0.39 is 0 Å². The van der Waals surface area contributed by atoms with Crippen molar-refractivity contribution in [3.63, 3.8) is 0 Å². The van der Waals surface area contributed by atoms with Crippen LogP contribution in [0.15, 0.2) is 37.0 Å². The molecule has 0 radical (unpaired) electrons. The molecule has 0 bridgehead atoms. The summed E-state index contributed by atoms with van der Waals surface area (Å²) < 4.78 is 0. The second-order valence-electron chi connectivity index (χ2n) is 2.38. The predicted molar refractivity (Wildman–Crippen MR) is 51.3 cm³/mol. The Morgan fingerprint density at radius 2 is 2.17 bits per heavy atom. The second kappa shape index (κ2) is 6.79. The van der Waals surface area contributed by atoms with Gasteiger partial charge in [0.25, 0.3) is 0 Å². The number of nitrogens with zero attached hydrogens (tertiary/aromatic N) is 1. The first kappa shape index (κ1) is 11.1. The Bertz CT molecular complexity index is 175. The van der Waals surface area contributed by atoms with Gasteiger partial charge in [-0.15, -0.1) is 0 Å². The fourth-order valence-corrected chi connectivity index (χ4v) is 0.779. The molecule has 0 saturated heterocycles.